The number of rotatable bonds is 6. The van der Waals surface area contributed by atoms with E-state index in [1.54, 1.807) is 30.3 Å². The highest BCUT2D eigenvalue weighted by Gasteiger charge is 2.28. The molecule has 0 radical (unpaired) electrons. The molecular weight excluding hydrogens is 502 g/mol. The van der Waals surface area contributed by atoms with Crippen molar-refractivity contribution in [1.82, 2.24) is 19.5 Å². The van der Waals surface area contributed by atoms with Crippen molar-refractivity contribution in [1.29, 1.82) is 0 Å². The molecule has 0 aliphatic carbocycles. The van der Waals surface area contributed by atoms with E-state index in [0.29, 0.717) is 35.1 Å². The molecule has 0 saturated heterocycles. The van der Waals surface area contributed by atoms with Crippen molar-refractivity contribution in [3.63, 3.8) is 0 Å². The van der Waals surface area contributed by atoms with Gasteiger partial charge < -0.3 is 25.0 Å². The molecule has 1 aliphatic heterocycles. The van der Waals surface area contributed by atoms with Crippen LogP contribution in [-0.4, -0.2) is 30.9 Å². The second-order valence-corrected chi connectivity index (χ2v) is 9.29. The number of nitrogens with zero attached hydrogens (tertiary/aromatic N) is 4. The molecule has 0 amide bonds. The Bertz CT molecular complexity index is 1750. The normalized spacial score (nSPS) is 12.8. The number of hydrogen-bond acceptors (Lipinski definition) is 7. The SMILES string of the molecule is C=C(F)C(O)Nc1ccc(-c2c3c4c(ncnc4n2C)NCc2cc(Oc4cccc(C)n4)c(F)cc2-3)cc1. The summed E-state index contributed by atoms with van der Waals surface area (Å²) in [6.45, 7) is 5.35. The molecule has 3 N–H and O–H groups in total. The maximum Gasteiger partial charge on any atom is 0.219 e. The molecule has 0 spiro atoms. The second kappa shape index (κ2) is 9.48. The van der Waals surface area contributed by atoms with Crippen LogP contribution in [0.15, 0.2) is 73.3 Å². The van der Waals surface area contributed by atoms with Gasteiger partial charge in [0.05, 0.1) is 11.1 Å². The Morgan fingerprint density at radius 2 is 1.97 bits per heavy atom. The average molecular weight is 527 g/mol. The number of anilines is 2. The lowest BCUT2D eigenvalue weighted by molar-refractivity contribution is 0.211. The highest BCUT2D eigenvalue weighted by atomic mass is 19.1. The van der Waals surface area contributed by atoms with E-state index in [0.717, 1.165) is 33.5 Å². The number of aliphatic hydroxyl groups excluding tert-OH is 1. The minimum Gasteiger partial charge on any atom is -0.436 e. The van der Waals surface area contributed by atoms with Crippen molar-refractivity contribution in [2.45, 2.75) is 19.7 Å². The van der Waals surface area contributed by atoms with Gasteiger partial charge in [-0.25, -0.2) is 23.7 Å². The van der Waals surface area contributed by atoms with Crippen molar-refractivity contribution in [3.05, 3.63) is 90.4 Å². The molecule has 1 unspecified atom stereocenters. The number of aliphatic hydroxyl groups is 1. The van der Waals surface area contributed by atoms with Gasteiger partial charge in [-0.2, -0.15) is 0 Å². The minimum atomic E-state index is -1.51. The molecule has 5 aromatic rings. The molecule has 196 valence electrons. The van der Waals surface area contributed by atoms with Crippen LogP contribution in [0, 0.1) is 12.7 Å². The molecule has 0 saturated carbocycles. The summed E-state index contributed by atoms with van der Waals surface area (Å²) in [5, 5.41) is 16.5. The Balaban J connectivity index is 1.49. The number of aromatic nitrogens is 4. The van der Waals surface area contributed by atoms with Gasteiger partial charge in [0.25, 0.3) is 0 Å². The first kappa shape index (κ1) is 24.5. The molecule has 1 atom stereocenters. The lowest BCUT2D eigenvalue weighted by Gasteiger charge is -2.15. The van der Waals surface area contributed by atoms with Crippen LogP contribution in [0.1, 0.15) is 11.3 Å². The molecule has 39 heavy (non-hydrogen) atoms. The van der Waals surface area contributed by atoms with Gasteiger partial charge in [-0.1, -0.05) is 24.8 Å². The third-order valence-electron chi connectivity index (χ3n) is 6.68. The van der Waals surface area contributed by atoms with Gasteiger partial charge >= 0.3 is 0 Å². The molecule has 0 bridgehead atoms. The number of benzene rings is 2. The van der Waals surface area contributed by atoms with Gasteiger partial charge in [0.1, 0.15) is 23.6 Å². The Morgan fingerprint density at radius 1 is 1.18 bits per heavy atom. The Kier molecular flexibility index (Phi) is 5.96. The fourth-order valence-electron chi connectivity index (χ4n) is 4.87. The third kappa shape index (κ3) is 4.34. The van der Waals surface area contributed by atoms with Gasteiger partial charge in [0.2, 0.25) is 5.88 Å². The first-order chi connectivity index (χ1) is 18.8. The maximum atomic E-state index is 15.6. The number of hydrogen-bond donors (Lipinski definition) is 3. The topological polar surface area (TPSA) is 97.1 Å². The minimum absolute atomic E-state index is 0.0721. The average Bonchev–Trinajstić information content (AvgIpc) is 3.12. The number of ether oxygens (including phenoxy) is 1. The Morgan fingerprint density at radius 3 is 2.72 bits per heavy atom. The number of nitrogens with one attached hydrogen (secondary N) is 2. The predicted octanol–water partition coefficient (Wildman–Crippen LogP) is 6.08. The van der Waals surface area contributed by atoms with Gasteiger partial charge in [-0.15, -0.1) is 0 Å². The highest BCUT2D eigenvalue weighted by Crippen LogP contribution is 2.46. The summed E-state index contributed by atoms with van der Waals surface area (Å²) in [5.41, 5.74) is 5.84. The van der Waals surface area contributed by atoms with E-state index < -0.39 is 17.9 Å². The van der Waals surface area contributed by atoms with Crippen molar-refractivity contribution >= 4 is 22.5 Å². The van der Waals surface area contributed by atoms with Crippen LogP contribution in [-0.2, 0) is 13.6 Å². The largest absolute Gasteiger partial charge is 0.436 e. The zero-order valence-electron chi connectivity index (χ0n) is 21.2. The van der Waals surface area contributed by atoms with Crippen molar-refractivity contribution < 1.29 is 18.6 Å². The van der Waals surface area contributed by atoms with Crippen molar-refractivity contribution in [2.75, 3.05) is 10.6 Å². The number of halogens is 2. The molecule has 8 nitrogen and oxygen atoms in total. The van der Waals surface area contributed by atoms with Crippen molar-refractivity contribution in [2.24, 2.45) is 7.05 Å². The van der Waals surface area contributed by atoms with Gasteiger partial charge in [0, 0.05) is 36.6 Å². The van der Waals surface area contributed by atoms with Crippen LogP contribution >= 0.6 is 0 Å². The second-order valence-electron chi connectivity index (χ2n) is 9.29. The summed E-state index contributed by atoms with van der Waals surface area (Å²) < 4.78 is 36.6. The first-order valence-corrected chi connectivity index (χ1v) is 12.2. The number of aryl methyl sites for hydroxylation is 2. The molecule has 6 rings (SSSR count). The zero-order chi connectivity index (χ0) is 27.3. The predicted molar refractivity (Wildman–Crippen MR) is 146 cm³/mol. The molecule has 10 heteroatoms. The fraction of sp³-hybridized carbons (Fsp3) is 0.138. The lowest BCUT2D eigenvalue weighted by atomic mass is 9.95. The van der Waals surface area contributed by atoms with Gasteiger partial charge in [-0.3, -0.25) is 0 Å². The molecular formula is C29H24F2N6O2. The van der Waals surface area contributed by atoms with E-state index in [2.05, 4.69) is 32.2 Å². The number of fused-ring (bicyclic) bond motifs is 2. The fourth-order valence-corrected chi connectivity index (χ4v) is 4.87. The molecule has 1 aliphatic rings. The monoisotopic (exact) mass is 526 g/mol. The van der Waals surface area contributed by atoms with Gasteiger partial charge in [0.15, 0.2) is 17.8 Å². The van der Waals surface area contributed by atoms with Crippen LogP contribution in [0.25, 0.3) is 33.4 Å². The van der Waals surface area contributed by atoms with E-state index >= 15 is 4.39 Å². The quantitative estimate of drug-likeness (QED) is 0.231. The summed E-state index contributed by atoms with van der Waals surface area (Å²) in [5.74, 6) is -0.392. The summed E-state index contributed by atoms with van der Waals surface area (Å²) in [6, 6.07) is 15.6. The maximum absolute atomic E-state index is 15.6. The van der Waals surface area contributed by atoms with E-state index in [-0.39, 0.29) is 5.75 Å². The standard InChI is InChI=1S/C29H24F2N6O2/c1-15-5-4-6-23(35-15)39-22-11-18-13-32-27-25-24(20(18)12-21(22)31)26(37(3)28(25)34-14-33-27)17-7-9-19(10-8-17)36-29(38)16(2)30/h4-12,14,29,36,38H,2,13H2,1,3H3,(H,32,33,34). The van der Waals surface area contributed by atoms with Crippen LogP contribution in [0.3, 0.4) is 0 Å². The summed E-state index contributed by atoms with van der Waals surface area (Å²) in [4.78, 5) is 13.3. The van der Waals surface area contributed by atoms with Crippen LogP contribution in [0.5, 0.6) is 11.6 Å². The van der Waals surface area contributed by atoms with E-state index in [1.807, 2.05) is 36.7 Å². The van der Waals surface area contributed by atoms with E-state index in [4.69, 9.17) is 4.74 Å². The van der Waals surface area contributed by atoms with Crippen LogP contribution in [0.2, 0.25) is 0 Å². The first-order valence-electron chi connectivity index (χ1n) is 12.2. The Hall–Kier alpha value is -4.83. The van der Waals surface area contributed by atoms with Crippen molar-refractivity contribution in [3.8, 4) is 34.0 Å². The zero-order valence-corrected chi connectivity index (χ0v) is 21.2. The molecule has 0 fully saturated rings. The summed E-state index contributed by atoms with van der Waals surface area (Å²) >= 11 is 0. The molecule has 3 aromatic heterocycles. The molecule has 2 aromatic carbocycles. The smallest absolute Gasteiger partial charge is 0.219 e. The highest BCUT2D eigenvalue weighted by molar-refractivity contribution is 6.09. The summed E-state index contributed by atoms with van der Waals surface area (Å²) in [6.07, 6.45) is -0.0198. The number of pyridine rings is 1. The Labute approximate surface area is 222 Å². The van der Waals surface area contributed by atoms with E-state index in [1.165, 1.54) is 12.4 Å². The third-order valence-corrected chi connectivity index (χ3v) is 6.68. The lowest BCUT2D eigenvalue weighted by Crippen LogP contribution is -2.18. The van der Waals surface area contributed by atoms with Crippen LogP contribution < -0.4 is 15.4 Å². The molecule has 4 heterocycles. The van der Waals surface area contributed by atoms with E-state index in [9.17, 15) is 9.50 Å². The van der Waals surface area contributed by atoms with Gasteiger partial charge in [-0.05, 0) is 53.9 Å². The summed E-state index contributed by atoms with van der Waals surface area (Å²) in [7, 11) is 1.89. The van der Waals surface area contributed by atoms with Crippen LogP contribution in [0.4, 0.5) is 20.3 Å².